The van der Waals surface area contributed by atoms with Gasteiger partial charge in [0, 0.05) is 5.69 Å². The molecule has 0 unspecified atom stereocenters. The Bertz CT molecular complexity index is 978. The summed E-state index contributed by atoms with van der Waals surface area (Å²) >= 11 is 0. The number of hydrogen-bond donors (Lipinski definition) is 1. The Balaban J connectivity index is 1.57. The molecule has 0 aliphatic heterocycles. The zero-order chi connectivity index (χ0) is 20.8. The maximum atomic E-state index is 12.3. The predicted octanol–water partition coefficient (Wildman–Crippen LogP) is 6.24. The van der Waals surface area contributed by atoms with Crippen LogP contribution >= 0.6 is 0 Å². The summed E-state index contributed by atoms with van der Waals surface area (Å²) in [6.45, 7) is 8.21. The van der Waals surface area contributed by atoms with E-state index in [-0.39, 0.29) is 12.5 Å². The summed E-state index contributed by atoms with van der Waals surface area (Å²) in [6.07, 6.45) is 0. The number of nitrogens with one attached hydrogen (secondary N) is 1. The summed E-state index contributed by atoms with van der Waals surface area (Å²) in [7, 11) is 0. The van der Waals surface area contributed by atoms with Crippen LogP contribution in [-0.4, -0.2) is 12.5 Å². The van der Waals surface area contributed by atoms with Gasteiger partial charge in [-0.2, -0.15) is 0 Å². The Morgan fingerprint density at radius 3 is 2.31 bits per heavy atom. The molecule has 0 atom stereocenters. The normalized spacial score (nSPS) is 10.7. The maximum absolute atomic E-state index is 12.3. The summed E-state index contributed by atoms with van der Waals surface area (Å²) in [5.74, 6) is 2.39. The minimum absolute atomic E-state index is 0.0370. The molecule has 0 saturated carbocycles. The Labute approximate surface area is 172 Å². The molecule has 29 heavy (non-hydrogen) atoms. The number of hydrogen-bond acceptors (Lipinski definition) is 3. The molecule has 0 fully saturated rings. The van der Waals surface area contributed by atoms with Crippen molar-refractivity contribution in [1.82, 2.24) is 0 Å². The van der Waals surface area contributed by atoms with Gasteiger partial charge in [0.05, 0.1) is 0 Å². The van der Waals surface area contributed by atoms with Gasteiger partial charge in [-0.15, -0.1) is 0 Å². The van der Waals surface area contributed by atoms with Gasteiger partial charge in [-0.05, 0) is 78.9 Å². The first-order valence-electron chi connectivity index (χ1n) is 9.78. The fourth-order valence-electron chi connectivity index (χ4n) is 3.01. The third kappa shape index (κ3) is 5.85. The van der Waals surface area contributed by atoms with Crippen molar-refractivity contribution in [2.45, 2.75) is 33.6 Å². The number of benzene rings is 3. The number of ether oxygens (including phenoxy) is 2. The second kappa shape index (κ2) is 9.28. The Morgan fingerprint density at radius 1 is 0.897 bits per heavy atom. The predicted molar refractivity (Wildman–Crippen MR) is 117 cm³/mol. The summed E-state index contributed by atoms with van der Waals surface area (Å²) in [6, 6.07) is 21.2. The highest BCUT2D eigenvalue weighted by Gasteiger charge is 2.10. The van der Waals surface area contributed by atoms with E-state index >= 15 is 0 Å². The van der Waals surface area contributed by atoms with Gasteiger partial charge in [0.25, 0.3) is 5.91 Å². The third-order valence-corrected chi connectivity index (χ3v) is 4.51. The van der Waals surface area contributed by atoms with Crippen molar-refractivity contribution in [3.63, 3.8) is 0 Å². The zero-order valence-electron chi connectivity index (χ0n) is 17.4. The highest BCUT2D eigenvalue weighted by atomic mass is 16.5. The van der Waals surface area contributed by atoms with Crippen molar-refractivity contribution in [1.29, 1.82) is 0 Å². The van der Waals surface area contributed by atoms with E-state index < -0.39 is 0 Å². The topological polar surface area (TPSA) is 47.6 Å². The van der Waals surface area contributed by atoms with Crippen molar-refractivity contribution in [3.8, 4) is 17.2 Å². The number of rotatable bonds is 7. The average molecular weight is 389 g/mol. The molecule has 3 aromatic carbocycles. The van der Waals surface area contributed by atoms with E-state index in [0.29, 0.717) is 17.4 Å². The molecule has 0 bridgehead atoms. The molecule has 1 amide bonds. The van der Waals surface area contributed by atoms with Crippen molar-refractivity contribution in [2.24, 2.45) is 0 Å². The van der Waals surface area contributed by atoms with Gasteiger partial charge in [0.15, 0.2) is 6.61 Å². The molecule has 0 aromatic heterocycles. The van der Waals surface area contributed by atoms with Crippen LogP contribution in [0, 0.1) is 13.8 Å². The van der Waals surface area contributed by atoms with Crippen molar-refractivity contribution < 1.29 is 14.3 Å². The molecule has 0 spiro atoms. The number of aryl methyl sites for hydroxylation is 2. The summed E-state index contributed by atoms with van der Waals surface area (Å²) in [4.78, 5) is 12.3. The molecule has 1 N–H and O–H groups in total. The number of carbonyl (C=O) groups is 1. The molecule has 3 rings (SSSR count). The average Bonchev–Trinajstić information content (AvgIpc) is 2.68. The van der Waals surface area contributed by atoms with Crippen LogP contribution < -0.4 is 14.8 Å². The fourth-order valence-corrected chi connectivity index (χ4v) is 3.01. The van der Waals surface area contributed by atoms with Crippen molar-refractivity contribution >= 4 is 11.6 Å². The lowest BCUT2D eigenvalue weighted by atomic mass is 10.0. The SMILES string of the molecule is Cc1cccc(Oc2ccc(NC(=O)COc3cc(C)ccc3C(C)C)cc2)c1. The summed E-state index contributed by atoms with van der Waals surface area (Å²) in [5, 5.41) is 2.86. The van der Waals surface area contributed by atoms with Gasteiger partial charge >= 0.3 is 0 Å². The monoisotopic (exact) mass is 389 g/mol. The highest BCUT2D eigenvalue weighted by Crippen LogP contribution is 2.27. The molecule has 150 valence electrons. The second-order valence-electron chi connectivity index (χ2n) is 7.48. The van der Waals surface area contributed by atoms with Crippen molar-refractivity contribution in [2.75, 3.05) is 11.9 Å². The third-order valence-electron chi connectivity index (χ3n) is 4.51. The largest absolute Gasteiger partial charge is 0.483 e. The lowest BCUT2D eigenvalue weighted by Crippen LogP contribution is -2.20. The lowest BCUT2D eigenvalue weighted by molar-refractivity contribution is -0.118. The van der Waals surface area contributed by atoms with Gasteiger partial charge in [-0.25, -0.2) is 0 Å². The van der Waals surface area contributed by atoms with Crippen LogP contribution in [0.5, 0.6) is 17.2 Å². The molecule has 0 aliphatic rings. The zero-order valence-corrected chi connectivity index (χ0v) is 17.4. The highest BCUT2D eigenvalue weighted by molar-refractivity contribution is 5.91. The Morgan fingerprint density at radius 2 is 1.62 bits per heavy atom. The van der Waals surface area contributed by atoms with Crippen LogP contribution in [0.1, 0.15) is 36.5 Å². The maximum Gasteiger partial charge on any atom is 0.262 e. The van der Waals surface area contributed by atoms with Gasteiger partial charge in [-0.3, -0.25) is 4.79 Å². The van der Waals surface area contributed by atoms with E-state index in [4.69, 9.17) is 9.47 Å². The number of carbonyl (C=O) groups excluding carboxylic acids is 1. The molecule has 4 nitrogen and oxygen atoms in total. The minimum Gasteiger partial charge on any atom is -0.483 e. The van der Waals surface area contributed by atoms with Crippen LogP contribution in [0.15, 0.2) is 66.7 Å². The smallest absolute Gasteiger partial charge is 0.262 e. The van der Waals surface area contributed by atoms with E-state index in [0.717, 1.165) is 28.2 Å². The molecule has 3 aromatic rings. The molecule has 0 saturated heterocycles. The molecular formula is C25H27NO3. The van der Waals surface area contributed by atoms with Gasteiger partial charge in [-0.1, -0.05) is 38.1 Å². The van der Waals surface area contributed by atoms with Crippen LogP contribution in [0.3, 0.4) is 0 Å². The van der Waals surface area contributed by atoms with Crippen LogP contribution in [0.4, 0.5) is 5.69 Å². The van der Waals surface area contributed by atoms with Gasteiger partial charge in [0.1, 0.15) is 17.2 Å². The molecular weight excluding hydrogens is 362 g/mol. The van der Waals surface area contributed by atoms with E-state index in [1.165, 1.54) is 0 Å². The molecule has 0 radical (unpaired) electrons. The first-order valence-corrected chi connectivity index (χ1v) is 9.78. The molecule has 4 heteroatoms. The van der Waals surface area contributed by atoms with Crippen LogP contribution in [0.25, 0.3) is 0 Å². The van der Waals surface area contributed by atoms with Crippen LogP contribution in [0.2, 0.25) is 0 Å². The van der Waals surface area contributed by atoms with Gasteiger partial charge in [0.2, 0.25) is 0 Å². The van der Waals surface area contributed by atoms with Gasteiger partial charge < -0.3 is 14.8 Å². The minimum atomic E-state index is -0.200. The van der Waals surface area contributed by atoms with Crippen LogP contribution in [-0.2, 0) is 4.79 Å². The van der Waals surface area contributed by atoms with E-state index in [1.807, 2.05) is 68.4 Å². The lowest BCUT2D eigenvalue weighted by Gasteiger charge is -2.15. The van der Waals surface area contributed by atoms with E-state index in [9.17, 15) is 4.79 Å². The Kier molecular flexibility index (Phi) is 6.55. The molecule has 0 aliphatic carbocycles. The first kappa shape index (κ1) is 20.5. The molecule has 0 heterocycles. The Hall–Kier alpha value is -3.27. The first-order chi connectivity index (χ1) is 13.9. The second-order valence-corrected chi connectivity index (χ2v) is 7.48. The van der Waals surface area contributed by atoms with E-state index in [2.05, 4.69) is 31.3 Å². The van der Waals surface area contributed by atoms with Crippen molar-refractivity contribution in [3.05, 3.63) is 83.4 Å². The number of amides is 1. The summed E-state index contributed by atoms with van der Waals surface area (Å²) in [5.41, 5.74) is 4.04. The standard InChI is InChI=1S/C25H27NO3/c1-17(2)23-13-8-19(4)15-24(23)28-16-25(27)26-20-9-11-21(12-10-20)29-22-7-5-6-18(3)14-22/h5-15,17H,16H2,1-4H3,(H,26,27). The fraction of sp³-hybridized carbons (Fsp3) is 0.240. The van der Waals surface area contributed by atoms with E-state index in [1.54, 1.807) is 0 Å². The quantitative estimate of drug-likeness (QED) is 0.520. The summed E-state index contributed by atoms with van der Waals surface area (Å²) < 4.78 is 11.6. The number of anilines is 1.